The lowest BCUT2D eigenvalue weighted by Gasteiger charge is -2.23. The molecule has 0 bridgehead atoms. The number of benzene rings is 2. The van der Waals surface area contributed by atoms with Crippen molar-refractivity contribution in [2.24, 2.45) is 4.99 Å². The Morgan fingerprint density at radius 1 is 1.06 bits per heavy atom. The maximum atomic E-state index is 13.1. The zero-order valence-electron chi connectivity index (χ0n) is 18.0. The van der Waals surface area contributed by atoms with E-state index >= 15 is 0 Å². The molecule has 1 aromatic heterocycles. The highest BCUT2D eigenvalue weighted by molar-refractivity contribution is 6.01. The van der Waals surface area contributed by atoms with Gasteiger partial charge in [-0.05, 0) is 49.2 Å². The fourth-order valence-corrected chi connectivity index (χ4v) is 3.68. The number of hydrogen-bond donors (Lipinski definition) is 2. The van der Waals surface area contributed by atoms with Crippen molar-refractivity contribution in [1.29, 1.82) is 0 Å². The second-order valence-electron chi connectivity index (χ2n) is 8.08. The summed E-state index contributed by atoms with van der Waals surface area (Å²) in [6.07, 6.45) is 3.77. The van der Waals surface area contributed by atoms with Crippen molar-refractivity contribution in [3.8, 4) is 11.5 Å². The van der Waals surface area contributed by atoms with Gasteiger partial charge in [0.05, 0.1) is 24.1 Å². The van der Waals surface area contributed by atoms with E-state index in [2.05, 4.69) is 25.8 Å². The SMILES string of the molecule is O=C1NCCN(C(=O)c2ccc(-c3nc(C4CC4)no3)cc2)CCN=CNc2ccccc21. The molecule has 2 amide bonds. The van der Waals surface area contributed by atoms with Crippen molar-refractivity contribution in [1.82, 2.24) is 20.4 Å². The predicted octanol–water partition coefficient (Wildman–Crippen LogP) is 2.94. The highest BCUT2D eigenvalue weighted by Crippen LogP contribution is 2.38. The third kappa shape index (κ3) is 4.77. The molecule has 9 nitrogen and oxygen atoms in total. The van der Waals surface area contributed by atoms with E-state index in [1.165, 1.54) is 0 Å². The van der Waals surface area contributed by atoms with Crippen LogP contribution >= 0.6 is 0 Å². The first-order valence-electron chi connectivity index (χ1n) is 11.0. The fourth-order valence-electron chi connectivity index (χ4n) is 3.68. The minimum atomic E-state index is -0.200. The third-order valence-corrected chi connectivity index (χ3v) is 5.70. The molecule has 9 heteroatoms. The zero-order chi connectivity index (χ0) is 22.6. The van der Waals surface area contributed by atoms with Crippen molar-refractivity contribution in [3.63, 3.8) is 0 Å². The Balaban J connectivity index is 1.27. The number of aliphatic imine (C=N–C) groups is 1. The van der Waals surface area contributed by atoms with E-state index in [4.69, 9.17) is 4.52 Å². The number of fused-ring (bicyclic) bond motifs is 1. The van der Waals surface area contributed by atoms with E-state index in [1.54, 1.807) is 29.4 Å². The number of hydrogen-bond acceptors (Lipinski definition) is 7. The molecule has 2 aromatic carbocycles. The van der Waals surface area contributed by atoms with Gasteiger partial charge in [0.15, 0.2) is 5.82 Å². The number of nitrogens with one attached hydrogen (secondary N) is 2. The first-order chi connectivity index (χ1) is 16.2. The summed E-state index contributed by atoms with van der Waals surface area (Å²) < 4.78 is 5.36. The third-order valence-electron chi connectivity index (χ3n) is 5.70. The van der Waals surface area contributed by atoms with Gasteiger partial charge in [0, 0.05) is 36.7 Å². The van der Waals surface area contributed by atoms with E-state index < -0.39 is 0 Å². The molecule has 0 atom stereocenters. The summed E-state index contributed by atoms with van der Waals surface area (Å²) in [6.45, 7) is 1.60. The topological polar surface area (TPSA) is 113 Å². The Bertz CT molecular complexity index is 1180. The lowest BCUT2D eigenvalue weighted by Crippen LogP contribution is -2.40. The molecule has 2 heterocycles. The Morgan fingerprint density at radius 3 is 2.70 bits per heavy atom. The second kappa shape index (κ2) is 9.23. The van der Waals surface area contributed by atoms with Gasteiger partial charge in [-0.15, -0.1) is 0 Å². The van der Waals surface area contributed by atoms with E-state index in [0.717, 1.165) is 24.2 Å². The van der Waals surface area contributed by atoms with Gasteiger partial charge in [0.2, 0.25) is 0 Å². The molecule has 1 saturated carbocycles. The smallest absolute Gasteiger partial charge is 0.257 e. The molecular formula is C24H24N6O3. The molecule has 1 fully saturated rings. The number of rotatable bonds is 3. The summed E-state index contributed by atoms with van der Waals surface area (Å²) in [6, 6.07) is 14.4. The fraction of sp³-hybridized carbons (Fsp3) is 0.292. The number of nitrogens with zero attached hydrogens (tertiary/aromatic N) is 4. The summed E-state index contributed by atoms with van der Waals surface area (Å²) in [5, 5.41) is 9.98. The molecule has 0 spiro atoms. The van der Waals surface area contributed by atoms with Crippen LogP contribution in [0.1, 0.15) is 45.3 Å². The number of para-hydroxylation sites is 1. The Hall–Kier alpha value is -4.01. The van der Waals surface area contributed by atoms with Crippen LogP contribution < -0.4 is 10.6 Å². The highest BCUT2D eigenvalue weighted by atomic mass is 16.5. The Kier molecular flexibility index (Phi) is 5.84. The first-order valence-corrected chi connectivity index (χ1v) is 11.0. The highest BCUT2D eigenvalue weighted by Gasteiger charge is 2.29. The van der Waals surface area contributed by atoms with Crippen LogP contribution in [0.25, 0.3) is 11.5 Å². The van der Waals surface area contributed by atoms with Crippen molar-refractivity contribution < 1.29 is 14.1 Å². The number of carbonyl (C=O) groups is 2. The maximum absolute atomic E-state index is 13.1. The van der Waals surface area contributed by atoms with Gasteiger partial charge in [-0.2, -0.15) is 4.98 Å². The normalized spacial score (nSPS) is 16.7. The van der Waals surface area contributed by atoms with Crippen LogP contribution in [0, 0.1) is 0 Å². The lowest BCUT2D eigenvalue weighted by molar-refractivity contribution is 0.0753. The Morgan fingerprint density at radius 2 is 1.88 bits per heavy atom. The summed E-state index contributed by atoms with van der Waals surface area (Å²) in [5.74, 6) is 1.31. The van der Waals surface area contributed by atoms with Gasteiger partial charge in [0.1, 0.15) is 0 Å². The number of carbonyl (C=O) groups excluding carboxylic acids is 2. The summed E-state index contributed by atoms with van der Waals surface area (Å²) in [4.78, 5) is 36.2. The van der Waals surface area contributed by atoms with E-state index in [-0.39, 0.29) is 11.8 Å². The molecule has 0 radical (unpaired) electrons. The van der Waals surface area contributed by atoms with Crippen molar-refractivity contribution in [3.05, 3.63) is 65.5 Å². The van der Waals surface area contributed by atoms with Crippen LogP contribution in [0.4, 0.5) is 5.69 Å². The van der Waals surface area contributed by atoms with Gasteiger partial charge >= 0.3 is 0 Å². The second-order valence-corrected chi connectivity index (χ2v) is 8.08. The maximum Gasteiger partial charge on any atom is 0.257 e. The average molecular weight is 444 g/mol. The molecule has 5 rings (SSSR count). The number of amides is 2. The molecule has 1 aliphatic heterocycles. The van der Waals surface area contributed by atoms with Crippen molar-refractivity contribution in [2.75, 3.05) is 31.5 Å². The minimum absolute atomic E-state index is 0.124. The molecule has 3 aromatic rings. The standard InChI is InChI=1S/C24H24N6O3/c31-22-19-3-1-2-4-20(19)27-15-25-11-13-30(14-12-26-22)24(32)18-9-7-17(8-10-18)23-28-21(29-33-23)16-5-6-16/h1-4,7-10,15-16H,5-6,11-14H2,(H,25,27)(H,26,31). The van der Waals surface area contributed by atoms with Gasteiger partial charge in [-0.1, -0.05) is 17.3 Å². The van der Waals surface area contributed by atoms with Gasteiger partial charge in [-0.3, -0.25) is 14.6 Å². The average Bonchev–Trinajstić information content (AvgIpc) is 3.58. The van der Waals surface area contributed by atoms with Crippen LogP contribution in [0.15, 0.2) is 58.0 Å². The summed E-state index contributed by atoms with van der Waals surface area (Å²) in [7, 11) is 0. The van der Waals surface area contributed by atoms with Crippen molar-refractivity contribution >= 4 is 23.8 Å². The van der Waals surface area contributed by atoms with Crippen LogP contribution in [0.5, 0.6) is 0 Å². The van der Waals surface area contributed by atoms with Crippen LogP contribution in [0.3, 0.4) is 0 Å². The lowest BCUT2D eigenvalue weighted by atomic mass is 10.1. The van der Waals surface area contributed by atoms with Gasteiger partial charge < -0.3 is 20.1 Å². The van der Waals surface area contributed by atoms with Gasteiger partial charge in [-0.25, -0.2) is 0 Å². The number of anilines is 1. The molecule has 1 aliphatic carbocycles. The number of aromatic nitrogens is 2. The van der Waals surface area contributed by atoms with Crippen LogP contribution in [0.2, 0.25) is 0 Å². The van der Waals surface area contributed by atoms with Crippen LogP contribution in [-0.2, 0) is 0 Å². The minimum Gasteiger partial charge on any atom is -0.350 e. The molecule has 2 aliphatic rings. The predicted molar refractivity (Wildman–Crippen MR) is 123 cm³/mol. The molecule has 33 heavy (non-hydrogen) atoms. The first kappa shape index (κ1) is 20.9. The molecule has 168 valence electrons. The quantitative estimate of drug-likeness (QED) is 0.642. The molecule has 2 N–H and O–H groups in total. The monoisotopic (exact) mass is 444 g/mol. The largest absolute Gasteiger partial charge is 0.350 e. The van der Waals surface area contributed by atoms with E-state index in [9.17, 15) is 9.59 Å². The zero-order valence-corrected chi connectivity index (χ0v) is 18.0. The summed E-state index contributed by atoms with van der Waals surface area (Å²) in [5.41, 5.74) is 2.55. The Labute approximate surface area is 190 Å². The molecule has 0 unspecified atom stereocenters. The summed E-state index contributed by atoms with van der Waals surface area (Å²) >= 11 is 0. The van der Waals surface area contributed by atoms with Gasteiger partial charge in [0.25, 0.3) is 17.7 Å². The van der Waals surface area contributed by atoms with Crippen molar-refractivity contribution in [2.45, 2.75) is 18.8 Å². The molecule has 0 saturated heterocycles. The van der Waals surface area contributed by atoms with E-state index in [0.29, 0.717) is 54.8 Å². The van der Waals surface area contributed by atoms with Crippen LogP contribution in [-0.4, -0.2) is 59.4 Å². The molecular weight excluding hydrogens is 420 g/mol. The van der Waals surface area contributed by atoms with E-state index in [1.807, 2.05) is 30.3 Å².